The molecule has 0 aromatic heterocycles. The van der Waals surface area contributed by atoms with Gasteiger partial charge in [0.15, 0.2) is 0 Å². The molecule has 0 heterocycles. The summed E-state index contributed by atoms with van der Waals surface area (Å²) in [6, 6.07) is 6.99. The first-order chi connectivity index (χ1) is 7.56. The summed E-state index contributed by atoms with van der Waals surface area (Å²) >= 11 is 5.96. The molecule has 0 saturated heterocycles. The number of amides is 1. The Bertz CT molecular complexity index is 366. The number of benzene rings is 1. The van der Waals surface area contributed by atoms with Crippen LogP contribution in [0.4, 0.5) is 5.69 Å². The van der Waals surface area contributed by atoms with E-state index in [-0.39, 0.29) is 17.9 Å². The van der Waals surface area contributed by atoms with E-state index < -0.39 is 0 Å². The molecule has 0 aliphatic heterocycles. The summed E-state index contributed by atoms with van der Waals surface area (Å²) in [5.41, 5.74) is 0.648. The summed E-state index contributed by atoms with van der Waals surface area (Å²) in [5, 5.41) is 6.35. The molecule has 4 heteroatoms. The first-order valence-electron chi connectivity index (χ1n) is 5.29. The van der Waals surface area contributed by atoms with Crippen molar-refractivity contribution in [3.05, 3.63) is 29.3 Å². The predicted octanol–water partition coefficient (Wildman–Crippen LogP) is 2.52. The minimum atomic E-state index is -0.212. The number of nitrogens with one attached hydrogen (secondary N) is 2. The van der Waals surface area contributed by atoms with Gasteiger partial charge in [0.2, 0.25) is 5.91 Å². The van der Waals surface area contributed by atoms with Gasteiger partial charge < -0.3 is 10.6 Å². The Kier molecular flexibility index (Phi) is 4.77. The van der Waals surface area contributed by atoms with Crippen LogP contribution < -0.4 is 10.6 Å². The number of hydrogen-bond donors (Lipinski definition) is 2. The zero-order chi connectivity index (χ0) is 12.1. The van der Waals surface area contributed by atoms with Crippen molar-refractivity contribution in [2.45, 2.75) is 19.9 Å². The fraction of sp³-hybridized carbons (Fsp3) is 0.417. The van der Waals surface area contributed by atoms with Crippen molar-refractivity contribution in [1.29, 1.82) is 0 Å². The normalized spacial score (nSPS) is 12.6. The Hall–Kier alpha value is -1.06. The number of anilines is 1. The molecule has 3 nitrogen and oxygen atoms in total. The van der Waals surface area contributed by atoms with Crippen molar-refractivity contribution in [2.24, 2.45) is 5.92 Å². The number of likely N-dealkylation sites (N-methyl/N-ethyl adjacent to an activating group) is 1. The third kappa shape index (κ3) is 3.22. The highest BCUT2D eigenvalue weighted by Gasteiger charge is 2.20. The van der Waals surface area contributed by atoms with Gasteiger partial charge in [0.25, 0.3) is 0 Å². The highest BCUT2D eigenvalue weighted by Crippen LogP contribution is 2.20. The van der Waals surface area contributed by atoms with Crippen LogP contribution in [-0.2, 0) is 4.79 Å². The van der Waals surface area contributed by atoms with Crippen LogP contribution in [-0.4, -0.2) is 19.0 Å². The zero-order valence-corrected chi connectivity index (χ0v) is 10.5. The lowest BCUT2D eigenvalue weighted by Crippen LogP contribution is -2.42. The smallest absolute Gasteiger partial charge is 0.241 e. The maximum Gasteiger partial charge on any atom is 0.241 e. The molecule has 88 valence electrons. The van der Waals surface area contributed by atoms with Gasteiger partial charge in [0.05, 0.1) is 16.8 Å². The Balaban J connectivity index is 2.74. The lowest BCUT2D eigenvalue weighted by Gasteiger charge is -2.19. The number of carbonyl (C=O) groups is 1. The van der Waals surface area contributed by atoms with Gasteiger partial charge >= 0.3 is 0 Å². The summed E-state index contributed by atoms with van der Waals surface area (Å²) in [6.07, 6.45) is 0. The van der Waals surface area contributed by atoms with Crippen LogP contribution >= 0.6 is 11.6 Å². The molecule has 0 saturated carbocycles. The molecule has 16 heavy (non-hydrogen) atoms. The van der Waals surface area contributed by atoms with E-state index in [1.807, 2.05) is 26.0 Å². The molecule has 1 rings (SSSR count). The molecular weight excluding hydrogens is 224 g/mol. The van der Waals surface area contributed by atoms with Crippen LogP contribution in [0.15, 0.2) is 24.3 Å². The van der Waals surface area contributed by atoms with Crippen molar-refractivity contribution in [2.75, 3.05) is 12.4 Å². The summed E-state index contributed by atoms with van der Waals surface area (Å²) in [6.45, 7) is 3.99. The number of rotatable bonds is 4. The van der Waals surface area contributed by atoms with Gasteiger partial charge in [0, 0.05) is 0 Å². The van der Waals surface area contributed by atoms with Crippen LogP contribution in [0, 0.1) is 5.92 Å². The van der Waals surface area contributed by atoms with E-state index in [1.165, 1.54) is 0 Å². The van der Waals surface area contributed by atoms with Gasteiger partial charge in [-0.25, -0.2) is 0 Å². The van der Waals surface area contributed by atoms with E-state index in [0.717, 1.165) is 0 Å². The van der Waals surface area contributed by atoms with Crippen molar-refractivity contribution >= 4 is 23.2 Å². The average Bonchev–Trinajstić information content (AvgIpc) is 2.22. The summed E-state index contributed by atoms with van der Waals surface area (Å²) in [5.74, 6) is 0.165. The topological polar surface area (TPSA) is 41.1 Å². The Morgan fingerprint density at radius 2 is 1.94 bits per heavy atom. The van der Waals surface area contributed by atoms with Crippen LogP contribution in [0.1, 0.15) is 13.8 Å². The third-order valence-corrected chi connectivity index (χ3v) is 2.72. The van der Waals surface area contributed by atoms with Gasteiger partial charge in [-0.05, 0) is 25.1 Å². The summed E-state index contributed by atoms with van der Waals surface area (Å²) < 4.78 is 0. The number of halogens is 1. The molecule has 0 aliphatic rings. The SMILES string of the molecule is CNC(C(=O)Nc1ccccc1Cl)C(C)C. The van der Waals surface area contributed by atoms with E-state index >= 15 is 0 Å². The minimum Gasteiger partial charge on any atom is -0.323 e. The highest BCUT2D eigenvalue weighted by atomic mass is 35.5. The largest absolute Gasteiger partial charge is 0.323 e. The molecule has 0 bridgehead atoms. The highest BCUT2D eigenvalue weighted by molar-refractivity contribution is 6.33. The lowest BCUT2D eigenvalue weighted by atomic mass is 10.0. The Morgan fingerprint density at radius 1 is 1.31 bits per heavy atom. The molecule has 2 N–H and O–H groups in total. The maximum absolute atomic E-state index is 11.9. The number of para-hydroxylation sites is 1. The average molecular weight is 241 g/mol. The number of carbonyl (C=O) groups excluding carboxylic acids is 1. The molecule has 1 amide bonds. The summed E-state index contributed by atoms with van der Waals surface area (Å²) in [4.78, 5) is 11.9. The first-order valence-corrected chi connectivity index (χ1v) is 5.66. The third-order valence-electron chi connectivity index (χ3n) is 2.39. The van der Waals surface area contributed by atoms with Gasteiger partial charge in [-0.15, -0.1) is 0 Å². The van der Waals surface area contributed by atoms with E-state index in [9.17, 15) is 4.79 Å². The monoisotopic (exact) mass is 240 g/mol. The van der Waals surface area contributed by atoms with E-state index in [1.54, 1.807) is 19.2 Å². The van der Waals surface area contributed by atoms with E-state index in [4.69, 9.17) is 11.6 Å². The molecule has 1 atom stereocenters. The maximum atomic E-state index is 11.9. The first kappa shape index (κ1) is 13.0. The van der Waals surface area contributed by atoms with Crippen LogP contribution in [0.3, 0.4) is 0 Å². The fourth-order valence-electron chi connectivity index (χ4n) is 1.54. The second-order valence-corrected chi connectivity index (χ2v) is 4.39. The molecular formula is C12H17ClN2O. The molecule has 0 radical (unpaired) electrons. The van der Waals surface area contributed by atoms with Crippen LogP contribution in [0.25, 0.3) is 0 Å². The quantitative estimate of drug-likeness (QED) is 0.849. The van der Waals surface area contributed by atoms with Gasteiger partial charge in [-0.3, -0.25) is 4.79 Å². The lowest BCUT2D eigenvalue weighted by molar-refractivity contribution is -0.118. The summed E-state index contributed by atoms with van der Waals surface area (Å²) in [7, 11) is 1.77. The van der Waals surface area contributed by atoms with Crippen LogP contribution in [0.2, 0.25) is 5.02 Å². The Morgan fingerprint density at radius 3 is 2.44 bits per heavy atom. The molecule has 1 aromatic rings. The van der Waals surface area contributed by atoms with Crippen molar-refractivity contribution < 1.29 is 4.79 Å². The molecule has 1 aromatic carbocycles. The van der Waals surface area contributed by atoms with Crippen LogP contribution in [0.5, 0.6) is 0 Å². The predicted molar refractivity (Wildman–Crippen MR) is 67.8 cm³/mol. The second kappa shape index (κ2) is 5.87. The van der Waals surface area contributed by atoms with Crippen molar-refractivity contribution in [1.82, 2.24) is 5.32 Å². The fourth-order valence-corrected chi connectivity index (χ4v) is 1.72. The van der Waals surface area contributed by atoms with E-state index in [0.29, 0.717) is 10.7 Å². The molecule has 0 fully saturated rings. The van der Waals surface area contributed by atoms with E-state index in [2.05, 4.69) is 10.6 Å². The standard InChI is InChI=1S/C12H17ClN2O/c1-8(2)11(14-3)12(16)15-10-7-5-4-6-9(10)13/h4-8,11,14H,1-3H3,(H,15,16). The minimum absolute atomic E-state index is 0.0643. The molecule has 1 unspecified atom stereocenters. The number of hydrogen-bond acceptors (Lipinski definition) is 2. The second-order valence-electron chi connectivity index (χ2n) is 3.98. The van der Waals surface area contributed by atoms with Gasteiger partial charge in [-0.2, -0.15) is 0 Å². The zero-order valence-electron chi connectivity index (χ0n) is 9.75. The van der Waals surface area contributed by atoms with Crippen molar-refractivity contribution in [3.8, 4) is 0 Å². The van der Waals surface area contributed by atoms with Crippen molar-refractivity contribution in [3.63, 3.8) is 0 Å². The van der Waals surface area contributed by atoms with Gasteiger partial charge in [0.1, 0.15) is 0 Å². The van der Waals surface area contributed by atoms with Gasteiger partial charge in [-0.1, -0.05) is 37.6 Å². The molecule has 0 aliphatic carbocycles. The molecule has 0 spiro atoms. The Labute approximate surface area is 101 Å².